The largest absolute Gasteiger partial charge is 0.352 e. The third-order valence-electron chi connectivity index (χ3n) is 6.25. The van der Waals surface area contributed by atoms with Crippen LogP contribution in [0.25, 0.3) is 10.8 Å². The van der Waals surface area contributed by atoms with E-state index >= 15 is 0 Å². The Kier molecular flexibility index (Phi) is 9.11. The highest BCUT2D eigenvalue weighted by Crippen LogP contribution is 2.23. The second kappa shape index (κ2) is 11.9. The Labute approximate surface area is 218 Å². The van der Waals surface area contributed by atoms with Gasteiger partial charge in [-0.3, -0.25) is 9.59 Å². The topological polar surface area (TPSA) is 86.8 Å². The van der Waals surface area contributed by atoms with Crippen LogP contribution >= 0.6 is 11.6 Å². The van der Waals surface area contributed by atoms with Crippen LogP contribution in [-0.2, 0) is 26.2 Å². The minimum Gasteiger partial charge on any atom is -0.352 e. The summed E-state index contributed by atoms with van der Waals surface area (Å²) in [6, 6.07) is 18.5. The van der Waals surface area contributed by atoms with Crippen LogP contribution in [0.15, 0.2) is 71.6 Å². The molecule has 3 aromatic carbocycles. The molecule has 36 heavy (non-hydrogen) atoms. The molecule has 192 valence electrons. The SMILES string of the molecule is CCC(C)NC(=O)C(C)N(Cc1ccccc1Cl)C(=O)CN(C)S(=O)(=O)c1ccc2ccccc2c1. The summed E-state index contributed by atoms with van der Waals surface area (Å²) < 4.78 is 27.6. The first kappa shape index (κ1) is 27.6. The van der Waals surface area contributed by atoms with E-state index < -0.39 is 28.5 Å². The predicted molar refractivity (Wildman–Crippen MR) is 143 cm³/mol. The molecular formula is C27H32ClN3O4S. The molecule has 0 heterocycles. The summed E-state index contributed by atoms with van der Waals surface area (Å²) in [5, 5.41) is 5.06. The van der Waals surface area contributed by atoms with Crippen molar-refractivity contribution < 1.29 is 18.0 Å². The van der Waals surface area contributed by atoms with E-state index in [4.69, 9.17) is 11.6 Å². The molecule has 0 spiro atoms. The van der Waals surface area contributed by atoms with Gasteiger partial charge in [0.1, 0.15) is 6.04 Å². The van der Waals surface area contributed by atoms with Gasteiger partial charge in [0.25, 0.3) is 0 Å². The lowest BCUT2D eigenvalue weighted by atomic mass is 10.1. The van der Waals surface area contributed by atoms with E-state index in [2.05, 4.69) is 5.32 Å². The number of hydrogen-bond acceptors (Lipinski definition) is 4. The number of hydrogen-bond donors (Lipinski definition) is 1. The minimum atomic E-state index is -3.95. The van der Waals surface area contributed by atoms with Gasteiger partial charge in [-0.2, -0.15) is 4.31 Å². The van der Waals surface area contributed by atoms with Gasteiger partial charge in [0.2, 0.25) is 21.8 Å². The van der Waals surface area contributed by atoms with Crippen molar-refractivity contribution in [2.45, 2.75) is 50.7 Å². The molecule has 0 saturated heterocycles. The maximum atomic E-state index is 13.5. The van der Waals surface area contributed by atoms with Gasteiger partial charge < -0.3 is 10.2 Å². The van der Waals surface area contributed by atoms with Crippen molar-refractivity contribution in [1.82, 2.24) is 14.5 Å². The predicted octanol–water partition coefficient (Wildman–Crippen LogP) is 4.45. The van der Waals surface area contributed by atoms with Crippen LogP contribution in [0.4, 0.5) is 0 Å². The van der Waals surface area contributed by atoms with Crippen LogP contribution < -0.4 is 5.32 Å². The van der Waals surface area contributed by atoms with Gasteiger partial charge in [-0.05, 0) is 54.8 Å². The van der Waals surface area contributed by atoms with Gasteiger partial charge in [-0.15, -0.1) is 0 Å². The van der Waals surface area contributed by atoms with Crippen molar-refractivity contribution >= 4 is 44.2 Å². The molecule has 7 nitrogen and oxygen atoms in total. The second-order valence-electron chi connectivity index (χ2n) is 8.88. The van der Waals surface area contributed by atoms with Crippen LogP contribution in [0.5, 0.6) is 0 Å². The summed E-state index contributed by atoms with van der Waals surface area (Å²) in [6.45, 7) is 5.10. The van der Waals surface area contributed by atoms with Crippen LogP contribution in [0.1, 0.15) is 32.8 Å². The third kappa shape index (κ3) is 6.43. The average molecular weight is 530 g/mol. The molecule has 2 atom stereocenters. The molecule has 0 radical (unpaired) electrons. The van der Waals surface area contributed by atoms with Gasteiger partial charge in [-0.1, -0.05) is 67.1 Å². The maximum absolute atomic E-state index is 13.5. The Balaban J connectivity index is 1.86. The summed E-state index contributed by atoms with van der Waals surface area (Å²) in [5.74, 6) is -0.821. The molecule has 9 heteroatoms. The lowest BCUT2D eigenvalue weighted by molar-refractivity contribution is -0.140. The fraction of sp³-hybridized carbons (Fsp3) is 0.333. The molecule has 0 aromatic heterocycles. The first-order valence-corrected chi connectivity index (χ1v) is 13.6. The number of nitrogens with zero attached hydrogens (tertiary/aromatic N) is 2. The number of sulfonamides is 1. The molecule has 2 amide bonds. The number of halogens is 1. The summed E-state index contributed by atoms with van der Waals surface area (Å²) in [4.78, 5) is 27.8. The molecule has 0 fully saturated rings. The molecule has 0 aliphatic carbocycles. The molecule has 0 aliphatic rings. The van der Waals surface area contributed by atoms with Crippen LogP contribution in [0.2, 0.25) is 5.02 Å². The number of benzene rings is 3. The molecule has 3 rings (SSSR count). The molecular weight excluding hydrogens is 498 g/mol. The van der Waals surface area contributed by atoms with Crippen LogP contribution in [0.3, 0.4) is 0 Å². The quantitative estimate of drug-likeness (QED) is 0.420. The Bertz CT molecular complexity index is 1350. The van der Waals surface area contributed by atoms with Crippen molar-refractivity contribution in [3.63, 3.8) is 0 Å². The first-order valence-electron chi connectivity index (χ1n) is 11.8. The Hall–Kier alpha value is -2.94. The number of likely N-dealkylation sites (N-methyl/N-ethyl adjacent to an activating group) is 1. The van der Waals surface area contributed by atoms with Gasteiger partial charge in [-0.25, -0.2) is 8.42 Å². The monoisotopic (exact) mass is 529 g/mol. The number of carbonyl (C=O) groups excluding carboxylic acids is 2. The minimum absolute atomic E-state index is 0.0619. The molecule has 0 aliphatic heterocycles. The summed E-state index contributed by atoms with van der Waals surface area (Å²) in [7, 11) is -2.59. The van der Waals surface area contributed by atoms with E-state index in [1.165, 1.54) is 18.0 Å². The van der Waals surface area contributed by atoms with Gasteiger partial charge in [0, 0.05) is 24.7 Å². The van der Waals surface area contributed by atoms with Gasteiger partial charge >= 0.3 is 0 Å². The van der Waals surface area contributed by atoms with Gasteiger partial charge in [0.05, 0.1) is 11.4 Å². The number of fused-ring (bicyclic) bond motifs is 1. The van der Waals surface area contributed by atoms with Gasteiger partial charge in [0.15, 0.2) is 0 Å². The zero-order chi connectivity index (χ0) is 26.5. The van der Waals surface area contributed by atoms with E-state index in [-0.39, 0.29) is 23.4 Å². The van der Waals surface area contributed by atoms with Crippen LogP contribution in [0, 0.1) is 0 Å². The Morgan fingerprint density at radius 1 is 0.972 bits per heavy atom. The van der Waals surface area contributed by atoms with E-state index in [0.29, 0.717) is 10.6 Å². The molecule has 0 saturated carbocycles. The van der Waals surface area contributed by atoms with Crippen molar-refractivity contribution in [3.8, 4) is 0 Å². The highest BCUT2D eigenvalue weighted by atomic mass is 35.5. The summed E-state index contributed by atoms with van der Waals surface area (Å²) in [6.07, 6.45) is 0.740. The number of nitrogens with one attached hydrogen (secondary N) is 1. The van der Waals surface area contributed by atoms with E-state index in [1.54, 1.807) is 43.3 Å². The lowest BCUT2D eigenvalue weighted by Gasteiger charge is -2.31. The fourth-order valence-corrected chi connectivity index (χ4v) is 5.08. The third-order valence-corrected chi connectivity index (χ3v) is 8.42. The second-order valence-corrected chi connectivity index (χ2v) is 11.3. The zero-order valence-corrected chi connectivity index (χ0v) is 22.5. The Morgan fingerprint density at radius 2 is 1.61 bits per heavy atom. The van der Waals surface area contributed by atoms with Crippen molar-refractivity contribution in [2.24, 2.45) is 0 Å². The zero-order valence-electron chi connectivity index (χ0n) is 20.9. The van der Waals surface area contributed by atoms with E-state index in [0.717, 1.165) is 21.5 Å². The molecule has 0 bridgehead atoms. The Morgan fingerprint density at radius 3 is 2.28 bits per heavy atom. The standard InChI is InChI=1S/C27H32ClN3O4S/c1-5-19(2)29-27(33)20(3)31(17-23-12-8-9-13-25(23)28)26(32)18-30(4)36(34,35)24-15-14-21-10-6-7-11-22(21)16-24/h6-16,19-20H,5,17-18H2,1-4H3,(H,29,33). The normalized spacial score (nSPS) is 13.4. The number of carbonyl (C=O) groups is 2. The average Bonchev–Trinajstić information content (AvgIpc) is 2.87. The maximum Gasteiger partial charge on any atom is 0.243 e. The molecule has 1 N–H and O–H groups in total. The lowest BCUT2D eigenvalue weighted by Crippen LogP contribution is -2.51. The molecule has 3 aromatic rings. The highest BCUT2D eigenvalue weighted by molar-refractivity contribution is 7.89. The summed E-state index contributed by atoms with van der Waals surface area (Å²) >= 11 is 6.33. The number of amides is 2. The molecule has 2 unspecified atom stereocenters. The van der Waals surface area contributed by atoms with Crippen molar-refractivity contribution in [1.29, 1.82) is 0 Å². The fourth-order valence-electron chi connectivity index (χ4n) is 3.73. The van der Waals surface area contributed by atoms with E-state index in [9.17, 15) is 18.0 Å². The van der Waals surface area contributed by atoms with Crippen molar-refractivity contribution in [2.75, 3.05) is 13.6 Å². The summed E-state index contributed by atoms with van der Waals surface area (Å²) in [5.41, 5.74) is 0.663. The smallest absolute Gasteiger partial charge is 0.243 e. The number of rotatable bonds is 10. The highest BCUT2D eigenvalue weighted by Gasteiger charge is 2.31. The van der Waals surface area contributed by atoms with E-state index in [1.807, 2.05) is 38.1 Å². The van der Waals surface area contributed by atoms with Crippen LogP contribution in [-0.4, -0.2) is 55.1 Å². The first-order chi connectivity index (χ1) is 17.0. The van der Waals surface area contributed by atoms with Crippen molar-refractivity contribution in [3.05, 3.63) is 77.3 Å².